The number of aromatic nitrogens is 1. The number of nitrogens with two attached hydrogens (primary N) is 1. The maximum atomic E-state index is 12.9. The molecule has 0 aliphatic heterocycles. The Bertz CT molecular complexity index is 768. The number of hydrogen-bond donors (Lipinski definition) is 2. The predicted octanol–water partition coefficient (Wildman–Crippen LogP) is 4.60. The van der Waals surface area contributed by atoms with Gasteiger partial charge in [0.2, 0.25) is 0 Å². The Balaban J connectivity index is 0.00000131. The molecule has 4 nitrogen and oxygen atoms in total. The van der Waals surface area contributed by atoms with E-state index < -0.39 is 0 Å². The van der Waals surface area contributed by atoms with Crippen LogP contribution in [-0.2, 0) is 0 Å². The summed E-state index contributed by atoms with van der Waals surface area (Å²) in [4.78, 5) is 17.4. The van der Waals surface area contributed by atoms with Gasteiger partial charge in [-0.05, 0) is 56.6 Å². The lowest BCUT2D eigenvalue weighted by atomic mass is 9.67. The molecule has 7 heteroatoms. The van der Waals surface area contributed by atoms with E-state index in [1.807, 2.05) is 36.6 Å². The quantitative estimate of drug-likeness (QED) is 0.751. The second-order valence-corrected chi connectivity index (χ2v) is 8.58. The van der Waals surface area contributed by atoms with Crippen LogP contribution in [0.15, 0.2) is 29.6 Å². The summed E-state index contributed by atoms with van der Waals surface area (Å²) in [5.74, 6) is 1.11. The fourth-order valence-electron chi connectivity index (χ4n) is 4.58. The summed E-state index contributed by atoms with van der Waals surface area (Å²) in [5, 5.41) is 6.41. The zero-order valence-corrected chi connectivity index (χ0v) is 17.8. The fraction of sp³-hybridized carbons (Fsp3) is 0.500. The lowest BCUT2D eigenvalue weighted by Gasteiger charge is -2.45. The molecule has 0 radical (unpaired) electrons. The number of fused-ring (bicyclic) bond motifs is 2. The molecule has 4 rings (SSSR count). The summed E-state index contributed by atoms with van der Waals surface area (Å²) in [6, 6.07) is 8.39. The average molecular weight is 428 g/mol. The van der Waals surface area contributed by atoms with Gasteiger partial charge in [-0.3, -0.25) is 4.79 Å². The van der Waals surface area contributed by atoms with Crippen molar-refractivity contribution in [2.75, 3.05) is 0 Å². The number of carbonyl (C=O) groups is 1. The number of nitrogens with zero attached hydrogens (tertiary/aromatic N) is 1. The van der Waals surface area contributed by atoms with Crippen molar-refractivity contribution >= 4 is 42.1 Å². The molecule has 1 aromatic carbocycles. The molecule has 2 unspecified atom stereocenters. The maximum Gasteiger partial charge on any atom is 0.251 e. The number of carbonyl (C=O) groups excluding carboxylic acids is 1. The molecule has 2 aromatic rings. The molecule has 0 saturated heterocycles. The molecule has 27 heavy (non-hydrogen) atoms. The van der Waals surface area contributed by atoms with Crippen molar-refractivity contribution < 1.29 is 4.79 Å². The largest absolute Gasteiger partial charge is 0.349 e. The van der Waals surface area contributed by atoms with Crippen LogP contribution in [-0.4, -0.2) is 23.0 Å². The van der Waals surface area contributed by atoms with Crippen LogP contribution < -0.4 is 11.1 Å². The van der Waals surface area contributed by atoms with Crippen molar-refractivity contribution in [2.24, 2.45) is 17.6 Å². The SMILES string of the molecule is Cc1nc(-c2cccc(C(=O)NC3C4CCCC3CC(N)C4)c2)cs1.Cl.Cl. The van der Waals surface area contributed by atoms with Crippen LogP contribution in [0.5, 0.6) is 0 Å². The van der Waals surface area contributed by atoms with Gasteiger partial charge in [-0.15, -0.1) is 36.2 Å². The van der Waals surface area contributed by atoms with E-state index in [1.165, 1.54) is 19.3 Å². The van der Waals surface area contributed by atoms with Gasteiger partial charge in [0.05, 0.1) is 10.7 Å². The highest BCUT2D eigenvalue weighted by molar-refractivity contribution is 7.09. The fourth-order valence-corrected chi connectivity index (χ4v) is 5.20. The topological polar surface area (TPSA) is 68.0 Å². The first-order chi connectivity index (χ1) is 12.1. The number of benzene rings is 1. The van der Waals surface area contributed by atoms with Crippen LogP contribution in [0.1, 0.15) is 47.5 Å². The lowest BCUT2D eigenvalue weighted by molar-refractivity contribution is 0.0756. The first-order valence-electron chi connectivity index (χ1n) is 9.19. The summed E-state index contributed by atoms with van der Waals surface area (Å²) in [5.41, 5.74) is 8.86. The Morgan fingerprint density at radius 2 is 1.93 bits per heavy atom. The molecule has 2 saturated carbocycles. The highest BCUT2D eigenvalue weighted by atomic mass is 35.5. The summed E-state index contributed by atoms with van der Waals surface area (Å²) >= 11 is 1.63. The highest BCUT2D eigenvalue weighted by Crippen LogP contribution is 2.39. The van der Waals surface area contributed by atoms with Crippen LogP contribution >= 0.6 is 36.2 Å². The number of nitrogens with one attached hydrogen (secondary N) is 1. The summed E-state index contributed by atoms with van der Waals surface area (Å²) in [6.45, 7) is 2.00. The number of aryl methyl sites for hydroxylation is 1. The van der Waals surface area contributed by atoms with Crippen LogP contribution in [0.4, 0.5) is 0 Å². The summed E-state index contributed by atoms with van der Waals surface area (Å²) < 4.78 is 0. The summed E-state index contributed by atoms with van der Waals surface area (Å²) in [7, 11) is 0. The van der Waals surface area contributed by atoms with Gasteiger partial charge in [0, 0.05) is 28.6 Å². The molecule has 2 fully saturated rings. The Labute approximate surface area is 177 Å². The van der Waals surface area contributed by atoms with Crippen molar-refractivity contribution in [3.8, 4) is 11.3 Å². The predicted molar refractivity (Wildman–Crippen MR) is 116 cm³/mol. The van der Waals surface area contributed by atoms with E-state index in [1.54, 1.807) is 11.3 Å². The Kier molecular flexibility index (Phi) is 7.69. The van der Waals surface area contributed by atoms with Crippen LogP contribution in [0.25, 0.3) is 11.3 Å². The minimum absolute atomic E-state index is 0. The lowest BCUT2D eigenvalue weighted by Crippen LogP contribution is -2.53. The second-order valence-electron chi connectivity index (χ2n) is 7.51. The van der Waals surface area contributed by atoms with Crippen molar-refractivity contribution in [2.45, 2.75) is 51.1 Å². The van der Waals surface area contributed by atoms with E-state index in [4.69, 9.17) is 5.73 Å². The number of thiazole rings is 1. The first kappa shape index (κ1) is 22.2. The maximum absolute atomic E-state index is 12.9. The third-order valence-electron chi connectivity index (χ3n) is 5.71. The molecule has 148 valence electrons. The molecule has 2 aliphatic rings. The zero-order valence-electron chi connectivity index (χ0n) is 15.4. The Morgan fingerprint density at radius 3 is 2.56 bits per heavy atom. The van der Waals surface area contributed by atoms with Crippen LogP contribution in [0.3, 0.4) is 0 Å². The van der Waals surface area contributed by atoms with E-state index >= 15 is 0 Å². The molecule has 2 aliphatic carbocycles. The van der Waals surface area contributed by atoms with Crippen molar-refractivity contribution in [1.82, 2.24) is 10.3 Å². The Morgan fingerprint density at radius 1 is 1.22 bits per heavy atom. The molecule has 2 atom stereocenters. The van der Waals surface area contributed by atoms with Crippen LogP contribution in [0.2, 0.25) is 0 Å². The average Bonchev–Trinajstić information content (AvgIpc) is 3.02. The van der Waals surface area contributed by atoms with Crippen molar-refractivity contribution in [3.63, 3.8) is 0 Å². The number of halogens is 2. The molecule has 1 heterocycles. The van der Waals surface area contributed by atoms with Crippen molar-refractivity contribution in [1.29, 1.82) is 0 Å². The van der Waals surface area contributed by atoms with Gasteiger partial charge in [0.1, 0.15) is 0 Å². The van der Waals surface area contributed by atoms with Gasteiger partial charge >= 0.3 is 0 Å². The van der Waals surface area contributed by atoms with E-state index in [-0.39, 0.29) is 36.8 Å². The van der Waals surface area contributed by atoms with E-state index in [9.17, 15) is 4.79 Å². The van der Waals surface area contributed by atoms with E-state index in [2.05, 4.69) is 10.3 Å². The zero-order chi connectivity index (χ0) is 17.4. The second kappa shape index (κ2) is 9.37. The third kappa shape index (κ3) is 4.83. The van der Waals surface area contributed by atoms with Gasteiger partial charge in [0.15, 0.2) is 0 Å². The third-order valence-corrected chi connectivity index (χ3v) is 6.49. The molecule has 1 aromatic heterocycles. The Hall–Kier alpha value is -1.14. The highest BCUT2D eigenvalue weighted by Gasteiger charge is 2.39. The van der Waals surface area contributed by atoms with Gasteiger partial charge in [-0.25, -0.2) is 4.98 Å². The van der Waals surface area contributed by atoms with Gasteiger partial charge in [0.25, 0.3) is 5.91 Å². The van der Waals surface area contributed by atoms with Gasteiger partial charge in [-0.2, -0.15) is 0 Å². The molecule has 1 amide bonds. The minimum atomic E-state index is 0. The van der Waals surface area contributed by atoms with Gasteiger partial charge in [-0.1, -0.05) is 18.6 Å². The number of rotatable bonds is 3. The summed E-state index contributed by atoms with van der Waals surface area (Å²) in [6.07, 6.45) is 5.73. The molecule has 0 spiro atoms. The normalized spacial score (nSPS) is 26.4. The molecular formula is C20H27Cl2N3OS. The first-order valence-corrected chi connectivity index (χ1v) is 10.1. The van der Waals surface area contributed by atoms with E-state index in [0.717, 1.165) is 34.7 Å². The van der Waals surface area contributed by atoms with Crippen LogP contribution in [0, 0.1) is 18.8 Å². The molecule has 3 N–H and O–H groups in total. The molecule has 2 bridgehead atoms. The minimum Gasteiger partial charge on any atom is -0.349 e. The smallest absolute Gasteiger partial charge is 0.251 e. The standard InChI is InChI=1S/C20H25N3OS.2ClH/c1-12-22-18(11-25-12)13-4-2-7-16(8-13)20(24)23-19-14-5-3-6-15(19)10-17(21)9-14;;/h2,4,7-8,11,14-15,17,19H,3,5-6,9-10,21H2,1H3,(H,23,24);2*1H. The number of hydrogen-bond acceptors (Lipinski definition) is 4. The van der Waals surface area contributed by atoms with Crippen molar-refractivity contribution in [3.05, 3.63) is 40.2 Å². The monoisotopic (exact) mass is 427 g/mol. The van der Waals surface area contributed by atoms with Gasteiger partial charge < -0.3 is 11.1 Å². The molecular weight excluding hydrogens is 401 g/mol. The number of amides is 1. The van der Waals surface area contributed by atoms with E-state index in [0.29, 0.717) is 17.9 Å².